The zero-order chi connectivity index (χ0) is 47.3. The third kappa shape index (κ3) is 37.9. The number of aliphatic hydroxyl groups is 1. The number of esters is 2. The van der Waals surface area contributed by atoms with Gasteiger partial charge in [0.2, 0.25) is 5.91 Å². The Morgan fingerprint density at radius 1 is 0.492 bits per heavy atom. The molecule has 0 aromatic heterocycles. The number of unbranched alkanes of at least 4 members (excludes halogenated alkanes) is 20. The molecule has 1 unspecified atom stereocenters. The number of amides is 1. The topological polar surface area (TPSA) is 108 Å². The SMILES string of the molecule is CCCCCCCCC(CCCCCC)CNC(=O)CCCCCCN(CCO)CCN(CCCCC(COC(=O)CCCCCCC)COC(=O)CCCCCCC)C1CCCCC1. The molecule has 384 valence electrons. The van der Waals surface area contributed by atoms with Gasteiger partial charge in [-0.1, -0.05) is 182 Å². The predicted octanol–water partition coefficient (Wildman–Crippen LogP) is 13.9. The monoisotopic (exact) mass is 920 g/mol. The van der Waals surface area contributed by atoms with E-state index in [2.05, 4.69) is 42.8 Å². The zero-order valence-corrected chi connectivity index (χ0v) is 43.6. The van der Waals surface area contributed by atoms with Gasteiger partial charge in [-0.2, -0.15) is 0 Å². The summed E-state index contributed by atoms with van der Waals surface area (Å²) in [5.41, 5.74) is 0. The quantitative estimate of drug-likeness (QED) is 0.0459. The van der Waals surface area contributed by atoms with Gasteiger partial charge in [0.05, 0.1) is 19.8 Å². The molecule has 1 amide bonds. The lowest BCUT2D eigenvalue weighted by Gasteiger charge is -2.36. The predicted molar refractivity (Wildman–Crippen MR) is 274 cm³/mol. The van der Waals surface area contributed by atoms with Crippen LogP contribution >= 0.6 is 0 Å². The summed E-state index contributed by atoms with van der Waals surface area (Å²) >= 11 is 0. The van der Waals surface area contributed by atoms with Crippen molar-refractivity contribution in [2.75, 3.05) is 59.1 Å². The van der Waals surface area contributed by atoms with Crippen molar-refractivity contribution in [3.05, 3.63) is 0 Å². The number of hydrogen-bond acceptors (Lipinski definition) is 8. The van der Waals surface area contributed by atoms with Crippen molar-refractivity contribution in [1.82, 2.24) is 15.1 Å². The summed E-state index contributed by atoms with van der Waals surface area (Å²) in [6.45, 7) is 15.3. The van der Waals surface area contributed by atoms with Crippen LogP contribution in [0, 0.1) is 11.8 Å². The average Bonchev–Trinajstić information content (AvgIpc) is 3.31. The molecule has 1 aliphatic carbocycles. The Morgan fingerprint density at radius 3 is 1.49 bits per heavy atom. The Morgan fingerprint density at radius 2 is 0.938 bits per heavy atom. The highest BCUT2D eigenvalue weighted by atomic mass is 16.5. The first-order chi connectivity index (χ1) is 31.9. The molecular formula is C56H109N3O6. The van der Waals surface area contributed by atoms with Crippen LogP contribution in [0.5, 0.6) is 0 Å². The Labute approximate surface area is 402 Å². The Hall–Kier alpha value is -1.71. The van der Waals surface area contributed by atoms with Crippen LogP contribution in [-0.2, 0) is 23.9 Å². The fraction of sp³-hybridized carbons (Fsp3) is 0.946. The minimum atomic E-state index is -0.127. The minimum Gasteiger partial charge on any atom is -0.465 e. The summed E-state index contributed by atoms with van der Waals surface area (Å²) in [6, 6.07) is 0.616. The van der Waals surface area contributed by atoms with Crippen LogP contribution in [0.3, 0.4) is 0 Å². The highest BCUT2D eigenvalue weighted by Gasteiger charge is 2.22. The average molecular weight is 921 g/mol. The number of nitrogens with one attached hydrogen (secondary N) is 1. The molecule has 1 aliphatic rings. The third-order valence-electron chi connectivity index (χ3n) is 14.1. The van der Waals surface area contributed by atoms with Gasteiger partial charge in [0.25, 0.3) is 0 Å². The number of rotatable bonds is 48. The molecule has 0 aliphatic heterocycles. The maximum absolute atomic E-state index is 12.8. The van der Waals surface area contributed by atoms with Gasteiger partial charge in [0.15, 0.2) is 0 Å². The van der Waals surface area contributed by atoms with Crippen LogP contribution in [0.4, 0.5) is 0 Å². The Bertz CT molecular complexity index is 1040. The molecule has 0 aromatic rings. The molecule has 1 fully saturated rings. The van der Waals surface area contributed by atoms with E-state index in [0.717, 1.165) is 103 Å². The fourth-order valence-electron chi connectivity index (χ4n) is 9.69. The summed E-state index contributed by atoms with van der Waals surface area (Å²) in [4.78, 5) is 43.2. The summed E-state index contributed by atoms with van der Waals surface area (Å²) in [5, 5.41) is 13.3. The lowest BCUT2D eigenvalue weighted by atomic mass is 9.93. The van der Waals surface area contributed by atoms with Gasteiger partial charge in [0, 0.05) is 57.4 Å². The number of hydrogen-bond donors (Lipinski definition) is 2. The molecular weight excluding hydrogens is 811 g/mol. The van der Waals surface area contributed by atoms with E-state index in [1.165, 1.54) is 148 Å². The summed E-state index contributed by atoms with van der Waals surface area (Å²) in [5.74, 6) is 0.621. The molecule has 9 heteroatoms. The van der Waals surface area contributed by atoms with Crippen LogP contribution in [0.25, 0.3) is 0 Å². The number of nitrogens with zero attached hydrogens (tertiary/aromatic N) is 2. The molecule has 0 saturated heterocycles. The summed E-state index contributed by atoms with van der Waals surface area (Å²) in [7, 11) is 0. The van der Waals surface area contributed by atoms with Crippen molar-refractivity contribution < 1.29 is 29.0 Å². The second kappa shape index (κ2) is 46.0. The molecule has 1 atom stereocenters. The number of carbonyl (C=O) groups is 3. The second-order valence-corrected chi connectivity index (χ2v) is 20.2. The van der Waals surface area contributed by atoms with Crippen LogP contribution < -0.4 is 5.32 Å². The van der Waals surface area contributed by atoms with E-state index in [9.17, 15) is 19.5 Å². The Balaban J connectivity index is 2.57. The van der Waals surface area contributed by atoms with Crippen LogP contribution in [0.2, 0.25) is 0 Å². The molecule has 65 heavy (non-hydrogen) atoms. The standard InChI is InChI=1S/C56H109N3O6/c1-5-9-13-17-20-25-35-51(34-24-16-12-8-4)48-57-54(61)39-28-21-22-32-42-58(46-47-60)44-45-59(53-37-26-23-27-38-53)43-33-31-36-52(49-64-55(62)40-29-18-14-10-6-2)50-65-56(63)41-30-19-15-11-7-3/h51-53,60H,5-50H2,1-4H3,(H,57,61). The van der Waals surface area contributed by atoms with Gasteiger partial charge in [-0.05, 0) is 83.2 Å². The van der Waals surface area contributed by atoms with Crippen LogP contribution in [0.1, 0.15) is 265 Å². The fourth-order valence-corrected chi connectivity index (χ4v) is 9.69. The lowest BCUT2D eigenvalue weighted by molar-refractivity contribution is -0.149. The van der Waals surface area contributed by atoms with E-state index in [-0.39, 0.29) is 30.4 Å². The van der Waals surface area contributed by atoms with Gasteiger partial charge in [0.1, 0.15) is 0 Å². The minimum absolute atomic E-state index is 0.0258. The van der Waals surface area contributed by atoms with Gasteiger partial charge in [-0.25, -0.2) is 0 Å². The van der Waals surface area contributed by atoms with Gasteiger partial charge >= 0.3 is 11.9 Å². The summed E-state index contributed by atoms with van der Waals surface area (Å²) < 4.78 is 11.5. The van der Waals surface area contributed by atoms with Crippen molar-refractivity contribution >= 4 is 17.8 Å². The van der Waals surface area contributed by atoms with Crippen molar-refractivity contribution in [2.45, 2.75) is 271 Å². The van der Waals surface area contributed by atoms with Crippen molar-refractivity contribution in [3.63, 3.8) is 0 Å². The molecule has 1 rings (SSSR count). The van der Waals surface area contributed by atoms with Gasteiger partial charge in [-0.3, -0.25) is 24.2 Å². The van der Waals surface area contributed by atoms with Crippen LogP contribution in [-0.4, -0.2) is 97.9 Å². The molecule has 0 bridgehead atoms. The second-order valence-electron chi connectivity index (χ2n) is 20.2. The van der Waals surface area contributed by atoms with E-state index >= 15 is 0 Å². The largest absolute Gasteiger partial charge is 0.465 e. The molecule has 9 nitrogen and oxygen atoms in total. The van der Waals surface area contributed by atoms with Crippen molar-refractivity contribution in [1.29, 1.82) is 0 Å². The smallest absolute Gasteiger partial charge is 0.305 e. The first-order valence-electron chi connectivity index (χ1n) is 28.5. The zero-order valence-electron chi connectivity index (χ0n) is 43.6. The molecule has 1 saturated carbocycles. The van der Waals surface area contributed by atoms with E-state index in [1.54, 1.807) is 0 Å². The molecule has 0 spiro atoms. The third-order valence-corrected chi connectivity index (χ3v) is 14.1. The van der Waals surface area contributed by atoms with E-state index in [0.29, 0.717) is 51.0 Å². The maximum Gasteiger partial charge on any atom is 0.305 e. The van der Waals surface area contributed by atoms with Gasteiger partial charge in [-0.15, -0.1) is 0 Å². The van der Waals surface area contributed by atoms with Crippen LogP contribution in [0.15, 0.2) is 0 Å². The van der Waals surface area contributed by atoms with E-state index in [1.807, 2.05) is 0 Å². The number of carbonyl (C=O) groups excluding carboxylic acids is 3. The first-order valence-corrected chi connectivity index (χ1v) is 28.5. The van der Waals surface area contributed by atoms with Gasteiger partial charge < -0.3 is 19.9 Å². The Kier molecular flexibility index (Phi) is 43.4. The molecule has 0 radical (unpaired) electrons. The molecule has 2 N–H and O–H groups in total. The van der Waals surface area contributed by atoms with Crippen molar-refractivity contribution in [3.8, 4) is 0 Å². The normalized spacial score (nSPS) is 13.8. The number of ether oxygens (including phenoxy) is 2. The summed E-state index contributed by atoms with van der Waals surface area (Å²) in [6.07, 6.45) is 41.9. The van der Waals surface area contributed by atoms with E-state index < -0.39 is 0 Å². The van der Waals surface area contributed by atoms with E-state index in [4.69, 9.17) is 9.47 Å². The lowest BCUT2D eigenvalue weighted by Crippen LogP contribution is -2.43. The highest BCUT2D eigenvalue weighted by Crippen LogP contribution is 2.24. The maximum atomic E-state index is 12.8. The molecule has 0 aromatic carbocycles. The van der Waals surface area contributed by atoms with Crippen molar-refractivity contribution in [2.24, 2.45) is 11.8 Å². The first kappa shape index (κ1) is 61.3. The molecule has 0 heterocycles. The highest BCUT2D eigenvalue weighted by molar-refractivity contribution is 5.75. The number of aliphatic hydroxyl groups excluding tert-OH is 1.